The summed E-state index contributed by atoms with van der Waals surface area (Å²) in [6.07, 6.45) is 6.67. The third kappa shape index (κ3) is 7.47. The predicted octanol–water partition coefficient (Wildman–Crippen LogP) is 1.84. The van der Waals surface area contributed by atoms with Crippen molar-refractivity contribution in [3.05, 3.63) is 35.9 Å². The fourth-order valence-corrected chi connectivity index (χ4v) is 0.372. The first-order chi connectivity index (χ1) is 4.27. The Hall–Kier alpha value is -0.530. The lowest BCUT2D eigenvalue weighted by molar-refractivity contribution is 0.343. The van der Waals surface area contributed by atoms with Gasteiger partial charge in [0.25, 0.3) is 0 Å². The maximum absolute atomic E-state index is 8.26. The number of aliphatic hydroxyl groups is 1. The van der Waals surface area contributed by atoms with Crippen molar-refractivity contribution in [2.45, 2.75) is 0 Å². The monoisotopic (exact) mass is 144 g/mol. The van der Waals surface area contributed by atoms with Crippen molar-refractivity contribution in [2.75, 3.05) is 6.61 Å². The highest BCUT2D eigenvalue weighted by atomic mass is 35.5. The van der Waals surface area contributed by atoms with Gasteiger partial charge >= 0.3 is 0 Å². The molecule has 0 spiro atoms. The molecule has 0 heterocycles. The molecule has 50 valence electrons. The molecular weight excluding hydrogens is 136 g/mol. The van der Waals surface area contributed by atoms with Gasteiger partial charge in [0.2, 0.25) is 0 Å². The Kier molecular flexibility index (Phi) is 5.27. The molecule has 0 saturated carbocycles. The molecule has 2 heteroatoms. The summed E-state index contributed by atoms with van der Waals surface area (Å²) in [5.41, 5.74) is 0. The Morgan fingerprint density at radius 2 is 2.22 bits per heavy atom. The van der Waals surface area contributed by atoms with Crippen LogP contribution in [-0.2, 0) is 0 Å². The van der Waals surface area contributed by atoms with Crippen LogP contribution in [0.3, 0.4) is 0 Å². The zero-order chi connectivity index (χ0) is 7.11. The molecule has 0 unspecified atom stereocenters. The summed E-state index contributed by atoms with van der Waals surface area (Å²) in [5, 5.41) is 8.74. The molecule has 0 aliphatic heterocycles. The molecule has 0 fully saturated rings. The summed E-state index contributed by atoms with van der Waals surface area (Å²) in [6.45, 7) is 3.49. The van der Waals surface area contributed by atoms with Gasteiger partial charge in [-0.15, -0.1) is 0 Å². The first-order valence-corrected chi connectivity index (χ1v) is 2.93. The molecule has 9 heavy (non-hydrogen) atoms. The van der Waals surface area contributed by atoms with Gasteiger partial charge in [0.15, 0.2) is 0 Å². The van der Waals surface area contributed by atoms with Crippen LogP contribution in [0, 0.1) is 0 Å². The highest BCUT2D eigenvalue weighted by Crippen LogP contribution is 1.96. The van der Waals surface area contributed by atoms with E-state index >= 15 is 0 Å². The molecule has 0 aromatic heterocycles. The number of hydrogen-bond acceptors (Lipinski definition) is 1. The number of aliphatic hydroxyl groups excluding tert-OH is 1. The Labute approximate surface area is 60.0 Å². The molecule has 0 aliphatic carbocycles. The Bertz CT molecular complexity index is 136. The quantitative estimate of drug-likeness (QED) is 0.600. The summed E-state index contributed by atoms with van der Waals surface area (Å²) in [5.74, 6) is 0. The molecule has 0 bridgehead atoms. The van der Waals surface area contributed by atoms with E-state index in [4.69, 9.17) is 16.7 Å². The second kappa shape index (κ2) is 5.60. The van der Waals surface area contributed by atoms with E-state index in [1.54, 1.807) is 24.3 Å². The van der Waals surface area contributed by atoms with Crippen LogP contribution in [0.5, 0.6) is 0 Å². The van der Waals surface area contributed by atoms with Crippen molar-refractivity contribution in [2.24, 2.45) is 0 Å². The highest BCUT2D eigenvalue weighted by molar-refractivity contribution is 6.30. The van der Waals surface area contributed by atoms with E-state index in [0.29, 0.717) is 5.03 Å². The molecule has 0 amide bonds. The van der Waals surface area contributed by atoms with Crippen LogP contribution >= 0.6 is 11.6 Å². The van der Waals surface area contributed by atoms with E-state index in [1.807, 2.05) is 0 Å². The maximum Gasteiger partial charge on any atom is 0.0615 e. The molecule has 1 nitrogen and oxygen atoms in total. The van der Waals surface area contributed by atoms with E-state index in [1.165, 1.54) is 0 Å². The number of halogens is 1. The van der Waals surface area contributed by atoms with Crippen LogP contribution < -0.4 is 0 Å². The molecule has 0 atom stereocenters. The standard InChI is InChI=1S/C7H9ClO/c1-7(8)5-3-2-4-6-9/h2-5,9H,1,6H2/b4-2-,5-3-. The second-order valence-corrected chi connectivity index (χ2v) is 1.90. The van der Waals surface area contributed by atoms with E-state index in [-0.39, 0.29) is 6.61 Å². The number of hydrogen-bond donors (Lipinski definition) is 1. The van der Waals surface area contributed by atoms with Gasteiger partial charge in [-0.25, -0.2) is 0 Å². The summed E-state index contributed by atoms with van der Waals surface area (Å²) < 4.78 is 0. The molecule has 0 saturated heterocycles. The van der Waals surface area contributed by atoms with Gasteiger partial charge in [-0.2, -0.15) is 0 Å². The molecule has 0 rings (SSSR count). The fourth-order valence-electron chi connectivity index (χ4n) is 0.299. The average molecular weight is 145 g/mol. The van der Waals surface area contributed by atoms with Crippen LogP contribution in [0.25, 0.3) is 0 Å². The highest BCUT2D eigenvalue weighted by Gasteiger charge is 1.71. The van der Waals surface area contributed by atoms with E-state index < -0.39 is 0 Å². The van der Waals surface area contributed by atoms with E-state index in [9.17, 15) is 0 Å². The zero-order valence-corrected chi connectivity index (χ0v) is 5.80. The van der Waals surface area contributed by atoms with E-state index in [0.717, 1.165) is 0 Å². The normalized spacial score (nSPS) is 11.3. The zero-order valence-electron chi connectivity index (χ0n) is 5.05. The Morgan fingerprint density at radius 1 is 1.56 bits per heavy atom. The van der Waals surface area contributed by atoms with Gasteiger partial charge in [-0.1, -0.05) is 36.4 Å². The van der Waals surface area contributed by atoms with Crippen LogP contribution in [0.1, 0.15) is 0 Å². The molecule has 0 aromatic rings. The minimum absolute atomic E-state index is 0.0547. The lowest BCUT2D eigenvalue weighted by Gasteiger charge is -1.77. The lowest BCUT2D eigenvalue weighted by atomic mass is 10.4. The lowest BCUT2D eigenvalue weighted by Crippen LogP contribution is -1.67. The fraction of sp³-hybridized carbons (Fsp3) is 0.143. The van der Waals surface area contributed by atoms with E-state index in [2.05, 4.69) is 6.58 Å². The number of allylic oxidation sites excluding steroid dienone is 4. The second-order valence-electron chi connectivity index (χ2n) is 1.42. The topological polar surface area (TPSA) is 20.2 Å². The molecule has 0 aromatic carbocycles. The van der Waals surface area contributed by atoms with Gasteiger partial charge in [0.05, 0.1) is 6.61 Å². The SMILES string of the molecule is C=C(Cl)/C=C\C=C/CO. The van der Waals surface area contributed by atoms with Gasteiger partial charge in [-0.05, 0) is 6.08 Å². The van der Waals surface area contributed by atoms with Crippen LogP contribution in [0.4, 0.5) is 0 Å². The minimum Gasteiger partial charge on any atom is -0.392 e. The third-order valence-electron chi connectivity index (χ3n) is 0.630. The Balaban J connectivity index is 3.47. The van der Waals surface area contributed by atoms with Gasteiger partial charge in [-0.3, -0.25) is 0 Å². The summed E-state index contributed by atoms with van der Waals surface area (Å²) in [6, 6.07) is 0. The molecule has 0 aliphatic rings. The third-order valence-corrected chi connectivity index (χ3v) is 0.756. The molecule has 0 radical (unpaired) electrons. The van der Waals surface area contributed by atoms with Crippen molar-refractivity contribution >= 4 is 11.6 Å². The molecule has 1 N–H and O–H groups in total. The summed E-state index contributed by atoms with van der Waals surface area (Å²) in [7, 11) is 0. The number of rotatable bonds is 3. The summed E-state index contributed by atoms with van der Waals surface area (Å²) >= 11 is 5.38. The first-order valence-electron chi connectivity index (χ1n) is 2.56. The van der Waals surface area contributed by atoms with Crippen molar-refractivity contribution in [1.82, 2.24) is 0 Å². The van der Waals surface area contributed by atoms with Crippen molar-refractivity contribution in [3.8, 4) is 0 Å². The smallest absolute Gasteiger partial charge is 0.0615 e. The van der Waals surface area contributed by atoms with Crippen LogP contribution in [0.2, 0.25) is 0 Å². The van der Waals surface area contributed by atoms with Crippen LogP contribution in [0.15, 0.2) is 35.9 Å². The van der Waals surface area contributed by atoms with Crippen molar-refractivity contribution < 1.29 is 5.11 Å². The molecular formula is C7H9ClO. The average Bonchev–Trinajstić information content (AvgIpc) is 1.80. The maximum atomic E-state index is 8.26. The van der Waals surface area contributed by atoms with Crippen molar-refractivity contribution in [1.29, 1.82) is 0 Å². The van der Waals surface area contributed by atoms with Crippen LogP contribution in [-0.4, -0.2) is 11.7 Å². The van der Waals surface area contributed by atoms with Gasteiger partial charge < -0.3 is 5.11 Å². The minimum atomic E-state index is 0.0547. The van der Waals surface area contributed by atoms with Crippen molar-refractivity contribution in [3.63, 3.8) is 0 Å². The van der Waals surface area contributed by atoms with Gasteiger partial charge in [0.1, 0.15) is 0 Å². The first kappa shape index (κ1) is 8.47. The summed E-state index contributed by atoms with van der Waals surface area (Å²) in [4.78, 5) is 0. The largest absolute Gasteiger partial charge is 0.392 e. The van der Waals surface area contributed by atoms with Gasteiger partial charge in [0, 0.05) is 5.03 Å². The Morgan fingerprint density at radius 3 is 2.67 bits per heavy atom. The predicted molar refractivity (Wildman–Crippen MR) is 40.4 cm³/mol.